The van der Waals surface area contributed by atoms with E-state index in [4.69, 9.17) is 9.84 Å². The number of ether oxygens (including phenoxy) is 1. The predicted octanol–water partition coefficient (Wildman–Crippen LogP) is 0.234. The summed E-state index contributed by atoms with van der Waals surface area (Å²) in [5, 5.41) is 8.93. The number of nitrogens with zero attached hydrogens (tertiary/aromatic N) is 1. The lowest BCUT2D eigenvalue weighted by atomic mass is 10.1. The minimum absolute atomic E-state index is 0.00694. The van der Waals surface area contributed by atoms with E-state index in [-0.39, 0.29) is 17.0 Å². The van der Waals surface area contributed by atoms with E-state index in [1.54, 1.807) is 0 Å². The molecule has 14 heavy (non-hydrogen) atoms. The molecule has 1 atom stereocenters. The molecule has 1 saturated heterocycles. The van der Waals surface area contributed by atoms with Gasteiger partial charge in [0.2, 0.25) is 5.91 Å². The summed E-state index contributed by atoms with van der Waals surface area (Å²) in [6.07, 6.45) is 0.429. The highest BCUT2D eigenvalue weighted by Gasteiger charge is 2.45. The van der Waals surface area contributed by atoms with Crippen molar-refractivity contribution in [2.45, 2.75) is 11.8 Å². The molecule has 2 rings (SSSR count). The lowest BCUT2D eigenvalue weighted by Gasteiger charge is -2.43. The highest BCUT2D eigenvalue weighted by Crippen LogP contribution is 2.39. The topological polar surface area (TPSA) is 66.8 Å². The molecule has 0 unspecified atom stereocenters. The summed E-state index contributed by atoms with van der Waals surface area (Å²) < 4.78 is 4.95. The molecule has 2 heterocycles. The van der Waals surface area contributed by atoms with Crippen LogP contribution in [0.4, 0.5) is 0 Å². The zero-order chi connectivity index (χ0) is 10.3. The first kappa shape index (κ1) is 9.39. The average molecular weight is 215 g/mol. The number of fused-ring (bicyclic) bond motifs is 1. The van der Waals surface area contributed by atoms with E-state index in [0.717, 1.165) is 0 Å². The number of amides is 1. The number of carboxylic acid groups (broad SMARTS) is 1. The van der Waals surface area contributed by atoms with Crippen molar-refractivity contribution in [3.05, 3.63) is 11.5 Å². The van der Waals surface area contributed by atoms with Gasteiger partial charge in [0.1, 0.15) is 5.76 Å². The number of β-lactam (4-membered cyclic amide) rings is 1. The second kappa shape index (κ2) is 3.20. The van der Waals surface area contributed by atoms with E-state index in [9.17, 15) is 9.59 Å². The third-order valence-corrected chi connectivity index (χ3v) is 3.46. The van der Waals surface area contributed by atoms with Crippen LogP contribution in [0.25, 0.3) is 0 Å². The number of hydrogen-bond acceptors (Lipinski definition) is 4. The van der Waals surface area contributed by atoms with E-state index in [1.165, 1.54) is 23.8 Å². The van der Waals surface area contributed by atoms with Gasteiger partial charge in [-0.1, -0.05) is 0 Å². The van der Waals surface area contributed by atoms with Crippen LogP contribution in [-0.2, 0) is 14.3 Å². The van der Waals surface area contributed by atoms with Crippen LogP contribution in [0.1, 0.15) is 6.42 Å². The Balaban J connectivity index is 2.37. The Morgan fingerprint density at radius 1 is 1.71 bits per heavy atom. The first-order valence-electron chi connectivity index (χ1n) is 4.09. The second-order valence-electron chi connectivity index (χ2n) is 3.01. The van der Waals surface area contributed by atoms with Gasteiger partial charge in [-0.05, 0) is 0 Å². The number of rotatable bonds is 2. The normalized spacial score (nSPS) is 25.6. The zero-order valence-corrected chi connectivity index (χ0v) is 8.34. The molecule has 76 valence electrons. The Hall–Kier alpha value is -1.17. The second-order valence-corrected chi connectivity index (χ2v) is 4.18. The van der Waals surface area contributed by atoms with Gasteiger partial charge in [-0.2, -0.15) is 0 Å². The molecule has 0 spiro atoms. The van der Waals surface area contributed by atoms with Crippen LogP contribution in [0, 0.1) is 0 Å². The molecule has 0 aliphatic carbocycles. The maximum atomic E-state index is 11.2. The SMILES string of the molecule is COC1=C(C(=O)O)N2C(=O)C[C@H]2SC1. The highest BCUT2D eigenvalue weighted by atomic mass is 32.2. The van der Waals surface area contributed by atoms with Gasteiger partial charge >= 0.3 is 5.97 Å². The Morgan fingerprint density at radius 3 is 2.93 bits per heavy atom. The molecule has 1 fully saturated rings. The maximum absolute atomic E-state index is 11.2. The molecule has 2 aliphatic heterocycles. The lowest BCUT2D eigenvalue weighted by molar-refractivity contribution is -0.146. The van der Waals surface area contributed by atoms with Gasteiger partial charge in [-0.3, -0.25) is 9.69 Å². The van der Waals surface area contributed by atoms with Gasteiger partial charge < -0.3 is 9.84 Å². The summed E-state index contributed by atoms with van der Waals surface area (Å²) in [5.41, 5.74) is 0.00694. The van der Waals surface area contributed by atoms with Gasteiger partial charge in [0.25, 0.3) is 0 Å². The molecule has 1 N–H and O–H groups in total. The molecule has 0 aromatic rings. The first-order valence-corrected chi connectivity index (χ1v) is 5.14. The summed E-state index contributed by atoms with van der Waals surface area (Å²) >= 11 is 1.53. The van der Waals surface area contributed by atoms with Crippen LogP contribution in [0.5, 0.6) is 0 Å². The Kier molecular flexibility index (Phi) is 2.14. The van der Waals surface area contributed by atoms with Crippen molar-refractivity contribution < 1.29 is 19.4 Å². The molecule has 0 aromatic carbocycles. The molecular formula is C8H9NO4S. The van der Waals surface area contributed by atoms with Crippen molar-refractivity contribution in [1.82, 2.24) is 4.90 Å². The van der Waals surface area contributed by atoms with Crippen LogP contribution in [-0.4, -0.2) is 40.1 Å². The molecule has 0 saturated carbocycles. The van der Waals surface area contributed by atoms with Crippen molar-refractivity contribution in [1.29, 1.82) is 0 Å². The number of hydrogen-bond donors (Lipinski definition) is 1. The minimum Gasteiger partial charge on any atom is -0.498 e. The first-order chi connectivity index (χ1) is 6.65. The van der Waals surface area contributed by atoms with Crippen molar-refractivity contribution in [3.8, 4) is 0 Å². The van der Waals surface area contributed by atoms with Crippen LogP contribution in [0.2, 0.25) is 0 Å². The molecular weight excluding hydrogens is 206 g/mol. The molecule has 0 bridgehead atoms. The molecule has 1 amide bonds. The van der Waals surface area contributed by atoms with Crippen LogP contribution in [0.3, 0.4) is 0 Å². The number of carbonyl (C=O) groups is 2. The Labute approximate surface area is 84.7 Å². The summed E-state index contributed by atoms with van der Waals surface area (Å²) in [7, 11) is 1.42. The fourth-order valence-corrected chi connectivity index (χ4v) is 2.77. The standard InChI is InChI=1S/C8H9NO4S/c1-13-4-3-14-6-2-5(10)9(6)7(4)8(11)12/h6H,2-3H2,1H3,(H,11,12)/t6-/m1/s1. The quantitative estimate of drug-likeness (QED) is 0.668. The Bertz CT molecular complexity index is 338. The molecule has 6 heteroatoms. The van der Waals surface area contributed by atoms with Crippen molar-refractivity contribution in [2.24, 2.45) is 0 Å². The lowest BCUT2D eigenvalue weighted by Crippen LogP contribution is -2.54. The van der Waals surface area contributed by atoms with E-state index < -0.39 is 5.97 Å². The van der Waals surface area contributed by atoms with Crippen LogP contribution < -0.4 is 0 Å². The summed E-state index contributed by atoms with van der Waals surface area (Å²) in [5.74, 6) is -0.354. The molecule has 2 aliphatic rings. The van der Waals surface area contributed by atoms with E-state index >= 15 is 0 Å². The number of aliphatic carboxylic acids is 1. The third-order valence-electron chi connectivity index (χ3n) is 2.27. The fourth-order valence-electron chi connectivity index (χ4n) is 1.54. The number of thioether (sulfide) groups is 1. The largest absolute Gasteiger partial charge is 0.498 e. The smallest absolute Gasteiger partial charge is 0.356 e. The van der Waals surface area contributed by atoms with Crippen molar-refractivity contribution in [3.63, 3.8) is 0 Å². The number of methoxy groups -OCH3 is 1. The van der Waals surface area contributed by atoms with Gasteiger partial charge in [-0.15, -0.1) is 11.8 Å². The van der Waals surface area contributed by atoms with Gasteiger partial charge in [0.05, 0.1) is 24.7 Å². The summed E-state index contributed by atoms with van der Waals surface area (Å²) in [6.45, 7) is 0. The zero-order valence-electron chi connectivity index (χ0n) is 7.52. The Morgan fingerprint density at radius 2 is 2.43 bits per heavy atom. The van der Waals surface area contributed by atoms with Crippen LogP contribution in [0.15, 0.2) is 11.5 Å². The average Bonchev–Trinajstić information content (AvgIpc) is 2.15. The molecule has 0 radical (unpaired) electrons. The third kappa shape index (κ3) is 1.18. The van der Waals surface area contributed by atoms with Crippen molar-refractivity contribution in [2.75, 3.05) is 12.9 Å². The summed E-state index contributed by atoms with van der Waals surface area (Å²) in [4.78, 5) is 23.4. The highest BCUT2D eigenvalue weighted by molar-refractivity contribution is 8.00. The van der Waals surface area contributed by atoms with Crippen molar-refractivity contribution >= 4 is 23.6 Å². The predicted molar refractivity (Wildman–Crippen MR) is 49.4 cm³/mol. The molecule has 5 nitrogen and oxygen atoms in total. The fraction of sp³-hybridized carbons (Fsp3) is 0.500. The van der Waals surface area contributed by atoms with Crippen LogP contribution >= 0.6 is 11.8 Å². The molecule has 0 aromatic heterocycles. The number of carboxylic acids is 1. The minimum atomic E-state index is -1.10. The van der Waals surface area contributed by atoms with Gasteiger partial charge in [-0.25, -0.2) is 4.79 Å². The monoisotopic (exact) mass is 215 g/mol. The maximum Gasteiger partial charge on any atom is 0.356 e. The van der Waals surface area contributed by atoms with E-state index in [1.807, 2.05) is 0 Å². The number of carbonyl (C=O) groups excluding carboxylic acids is 1. The van der Waals surface area contributed by atoms with Gasteiger partial charge in [0, 0.05) is 0 Å². The van der Waals surface area contributed by atoms with E-state index in [0.29, 0.717) is 17.9 Å². The van der Waals surface area contributed by atoms with Gasteiger partial charge in [0.15, 0.2) is 5.70 Å². The van der Waals surface area contributed by atoms with E-state index in [2.05, 4.69) is 0 Å². The summed E-state index contributed by atoms with van der Waals surface area (Å²) in [6, 6.07) is 0.